The molecule has 3 aromatic rings. The summed E-state index contributed by atoms with van der Waals surface area (Å²) in [4.78, 5) is 38.8. The fourth-order valence-corrected chi connectivity index (χ4v) is 3.61. The number of anilines is 2. The van der Waals surface area contributed by atoms with Crippen molar-refractivity contribution < 1.29 is 23.9 Å². The van der Waals surface area contributed by atoms with Crippen molar-refractivity contribution >= 4 is 29.2 Å². The van der Waals surface area contributed by atoms with Gasteiger partial charge in [0.15, 0.2) is 6.61 Å². The van der Waals surface area contributed by atoms with Crippen LogP contribution in [0.3, 0.4) is 0 Å². The van der Waals surface area contributed by atoms with E-state index in [1.807, 2.05) is 36.4 Å². The molecular weight excluding hydrogens is 420 g/mol. The van der Waals surface area contributed by atoms with Crippen molar-refractivity contribution in [3.63, 3.8) is 0 Å². The minimum Gasteiger partial charge on any atom is -0.488 e. The largest absolute Gasteiger partial charge is 0.488 e. The van der Waals surface area contributed by atoms with E-state index in [-0.39, 0.29) is 11.5 Å². The first-order valence-electron chi connectivity index (χ1n) is 10.7. The van der Waals surface area contributed by atoms with Crippen LogP contribution in [0.15, 0.2) is 78.9 Å². The zero-order chi connectivity index (χ0) is 23.0. The average Bonchev–Trinajstić information content (AvgIpc) is 3.28. The summed E-state index contributed by atoms with van der Waals surface area (Å²) < 4.78 is 11.0. The second kappa shape index (κ2) is 10.5. The van der Waals surface area contributed by atoms with E-state index < -0.39 is 18.5 Å². The fourth-order valence-electron chi connectivity index (χ4n) is 3.61. The Morgan fingerprint density at radius 2 is 1.64 bits per heavy atom. The maximum absolute atomic E-state index is 12.6. The van der Waals surface area contributed by atoms with Gasteiger partial charge in [0.2, 0.25) is 5.91 Å². The van der Waals surface area contributed by atoms with Gasteiger partial charge in [0.1, 0.15) is 17.9 Å². The smallest absolute Gasteiger partial charge is 0.342 e. The van der Waals surface area contributed by atoms with Crippen LogP contribution >= 0.6 is 0 Å². The average molecular weight is 444 g/mol. The Morgan fingerprint density at radius 3 is 2.42 bits per heavy atom. The number of nitrogens with zero attached hydrogens (tertiary/aromatic N) is 1. The third kappa shape index (κ3) is 5.57. The number of hydrogen-bond acceptors (Lipinski definition) is 5. The molecule has 1 N–H and O–H groups in total. The number of hydrogen-bond donors (Lipinski definition) is 1. The first kappa shape index (κ1) is 22.1. The van der Waals surface area contributed by atoms with E-state index in [9.17, 15) is 14.4 Å². The van der Waals surface area contributed by atoms with Crippen LogP contribution in [-0.2, 0) is 20.9 Å². The van der Waals surface area contributed by atoms with Crippen molar-refractivity contribution in [2.24, 2.45) is 0 Å². The van der Waals surface area contributed by atoms with Crippen LogP contribution in [0, 0.1) is 0 Å². The standard InChI is InChI=1S/C26H24N2O5/c29-24(27-21-12-5-6-13-22(21)28-16-8-15-25(28)30)18-33-26(31)20-11-4-7-14-23(20)32-17-19-9-2-1-3-10-19/h1-7,9-14H,8,15-18H2,(H,27,29). The SMILES string of the molecule is O=C(COC(=O)c1ccccc1OCc1ccccc1)Nc1ccccc1N1CCCC1=O. The van der Waals surface area contributed by atoms with Crippen molar-refractivity contribution in [3.8, 4) is 5.75 Å². The molecule has 0 bridgehead atoms. The fraction of sp³-hybridized carbons (Fsp3) is 0.192. The summed E-state index contributed by atoms with van der Waals surface area (Å²) in [5.41, 5.74) is 2.35. The molecule has 33 heavy (non-hydrogen) atoms. The molecule has 0 aromatic heterocycles. The predicted octanol–water partition coefficient (Wildman–Crippen LogP) is 4.19. The lowest BCUT2D eigenvalue weighted by atomic mass is 10.2. The Bertz CT molecular complexity index is 1150. The number of rotatable bonds is 8. The van der Waals surface area contributed by atoms with E-state index in [2.05, 4.69) is 5.32 Å². The highest BCUT2D eigenvalue weighted by Crippen LogP contribution is 2.29. The van der Waals surface area contributed by atoms with Gasteiger partial charge in [-0.05, 0) is 36.2 Å². The van der Waals surface area contributed by atoms with Crippen molar-refractivity contribution in [2.75, 3.05) is 23.4 Å². The number of esters is 1. The Kier molecular flexibility index (Phi) is 6.99. The Balaban J connectivity index is 1.36. The molecule has 7 heteroatoms. The lowest BCUT2D eigenvalue weighted by Crippen LogP contribution is -2.27. The Hall–Kier alpha value is -4.13. The van der Waals surface area contributed by atoms with Crippen LogP contribution in [-0.4, -0.2) is 30.9 Å². The lowest BCUT2D eigenvalue weighted by molar-refractivity contribution is -0.119. The quantitative estimate of drug-likeness (QED) is 0.527. The van der Waals surface area contributed by atoms with E-state index in [0.29, 0.717) is 36.7 Å². The molecule has 0 atom stereocenters. The van der Waals surface area contributed by atoms with Crippen LogP contribution in [0.4, 0.5) is 11.4 Å². The number of para-hydroxylation sites is 3. The normalized spacial score (nSPS) is 13.0. The van der Waals surface area contributed by atoms with Crippen molar-refractivity contribution in [1.29, 1.82) is 0 Å². The molecule has 0 spiro atoms. The van der Waals surface area contributed by atoms with Gasteiger partial charge in [0.05, 0.1) is 11.4 Å². The van der Waals surface area contributed by atoms with E-state index in [1.54, 1.807) is 47.4 Å². The van der Waals surface area contributed by atoms with E-state index in [0.717, 1.165) is 12.0 Å². The summed E-state index contributed by atoms with van der Waals surface area (Å²) in [5.74, 6) is -0.748. The van der Waals surface area contributed by atoms with Crippen LogP contribution in [0.2, 0.25) is 0 Å². The molecular formula is C26H24N2O5. The topological polar surface area (TPSA) is 84.9 Å². The number of amides is 2. The summed E-state index contributed by atoms with van der Waals surface area (Å²) in [6.45, 7) is 0.451. The zero-order valence-corrected chi connectivity index (χ0v) is 18.0. The van der Waals surface area contributed by atoms with Gasteiger partial charge in [-0.3, -0.25) is 9.59 Å². The summed E-state index contributed by atoms with van der Waals surface area (Å²) >= 11 is 0. The number of ether oxygens (including phenoxy) is 2. The van der Waals surface area contributed by atoms with Gasteiger partial charge >= 0.3 is 5.97 Å². The predicted molar refractivity (Wildman–Crippen MR) is 124 cm³/mol. The molecule has 1 heterocycles. The summed E-state index contributed by atoms with van der Waals surface area (Å²) in [5, 5.41) is 2.73. The van der Waals surface area contributed by atoms with Gasteiger partial charge in [0.25, 0.3) is 5.91 Å². The molecule has 0 saturated carbocycles. The summed E-state index contributed by atoms with van der Waals surface area (Å²) in [7, 11) is 0. The highest BCUT2D eigenvalue weighted by molar-refractivity contribution is 6.03. The Labute approximate surface area is 191 Å². The second-order valence-corrected chi connectivity index (χ2v) is 7.56. The molecule has 0 aliphatic carbocycles. The van der Waals surface area contributed by atoms with Gasteiger partial charge < -0.3 is 19.7 Å². The molecule has 1 fully saturated rings. The van der Waals surface area contributed by atoms with Gasteiger partial charge in [-0.25, -0.2) is 4.79 Å². The van der Waals surface area contributed by atoms with Crippen molar-refractivity contribution in [1.82, 2.24) is 0 Å². The van der Waals surface area contributed by atoms with Gasteiger partial charge in [-0.15, -0.1) is 0 Å². The van der Waals surface area contributed by atoms with E-state index >= 15 is 0 Å². The lowest BCUT2D eigenvalue weighted by Gasteiger charge is -2.20. The molecule has 0 radical (unpaired) electrons. The van der Waals surface area contributed by atoms with Crippen molar-refractivity contribution in [3.05, 3.63) is 90.0 Å². The number of carbonyl (C=O) groups is 3. The van der Waals surface area contributed by atoms with E-state index in [4.69, 9.17) is 9.47 Å². The summed E-state index contributed by atoms with van der Waals surface area (Å²) in [6, 6.07) is 23.4. The molecule has 3 aromatic carbocycles. The monoisotopic (exact) mass is 444 g/mol. The third-order valence-electron chi connectivity index (χ3n) is 5.22. The molecule has 0 unspecified atom stereocenters. The molecule has 1 aliphatic heterocycles. The maximum Gasteiger partial charge on any atom is 0.342 e. The Morgan fingerprint density at radius 1 is 0.909 bits per heavy atom. The van der Waals surface area contributed by atoms with Gasteiger partial charge in [-0.2, -0.15) is 0 Å². The molecule has 168 valence electrons. The van der Waals surface area contributed by atoms with Crippen LogP contribution < -0.4 is 15.0 Å². The van der Waals surface area contributed by atoms with E-state index in [1.165, 1.54) is 0 Å². The summed E-state index contributed by atoms with van der Waals surface area (Å²) in [6.07, 6.45) is 1.27. The molecule has 1 saturated heterocycles. The van der Waals surface area contributed by atoms with Gasteiger partial charge in [-0.1, -0.05) is 54.6 Å². The first-order chi connectivity index (χ1) is 16.1. The number of benzene rings is 3. The zero-order valence-electron chi connectivity index (χ0n) is 18.0. The maximum atomic E-state index is 12.6. The molecule has 1 aliphatic rings. The molecule has 7 nitrogen and oxygen atoms in total. The third-order valence-corrected chi connectivity index (χ3v) is 5.22. The highest BCUT2D eigenvalue weighted by Gasteiger charge is 2.24. The van der Waals surface area contributed by atoms with Crippen LogP contribution in [0.5, 0.6) is 5.75 Å². The minimum absolute atomic E-state index is 0.0234. The van der Waals surface area contributed by atoms with Crippen LogP contribution in [0.1, 0.15) is 28.8 Å². The number of nitrogens with one attached hydrogen (secondary N) is 1. The van der Waals surface area contributed by atoms with Crippen LogP contribution in [0.25, 0.3) is 0 Å². The molecule has 2 amide bonds. The number of carbonyl (C=O) groups excluding carboxylic acids is 3. The molecule has 4 rings (SSSR count). The minimum atomic E-state index is -0.656. The van der Waals surface area contributed by atoms with Gasteiger partial charge in [0, 0.05) is 13.0 Å². The first-order valence-corrected chi connectivity index (χ1v) is 10.7. The highest BCUT2D eigenvalue weighted by atomic mass is 16.5. The van der Waals surface area contributed by atoms with Crippen molar-refractivity contribution in [2.45, 2.75) is 19.4 Å². The second-order valence-electron chi connectivity index (χ2n) is 7.56.